The molecular formula is C21H20FNO2. The minimum absolute atomic E-state index is 0.0282. The van der Waals surface area contributed by atoms with E-state index in [2.05, 4.69) is 12.1 Å². The molecule has 2 aromatic carbocycles. The van der Waals surface area contributed by atoms with E-state index in [-0.39, 0.29) is 12.2 Å². The highest BCUT2D eigenvalue weighted by molar-refractivity contribution is 6.08. The first-order valence-corrected chi connectivity index (χ1v) is 8.11. The van der Waals surface area contributed by atoms with Gasteiger partial charge in [-0.2, -0.15) is 0 Å². The number of nitrogens with zero attached hydrogens (tertiary/aromatic N) is 1. The van der Waals surface area contributed by atoms with Crippen molar-refractivity contribution in [1.29, 1.82) is 0 Å². The van der Waals surface area contributed by atoms with E-state index in [4.69, 9.17) is 0 Å². The van der Waals surface area contributed by atoms with Crippen LogP contribution < -0.4 is 0 Å². The smallest absolute Gasteiger partial charge is 0.250 e. The number of fused-ring (bicyclic) bond motifs is 1. The van der Waals surface area contributed by atoms with Crippen molar-refractivity contribution in [3.05, 3.63) is 76.1 Å². The van der Waals surface area contributed by atoms with E-state index >= 15 is 0 Å². The molecule has 128 valence electrons. The number of hydroxylamine groups is 2. The number of carbonyl (C=O) groups is 1. The number of carbonyl (C=O) groups excluding carboxylic acids is 1. The maximum Gasteiger partial charge on any atom is 0.250 e. The van der Waals surface area contributed by atoms with Gasteiger partial charge in [-0.25, -0.2) is 9.45 Å². The number of hydrogen-bond donors (Lipinski definition) is 1. The molecule has 0 saturated carbocycles. The fraction of sp³-hybridized carbons (Fsp3) is 0.190. The zero-order valence-electron chi connectivity index (χ0n) is 14.5. The molecule has 1 aliphatic rings. The molecular weight excluding hydrogens is 317 g/mol. The molecule has 3 rings (SSSR count). The van der Waals surface area contributed by atoms with Crippen molar-refractivity contribution in [1.82, 2.24) is 5.06 Å². The minimum atomic E-state index is -0.429. The number of rotatable bonds is 3. The van der Waals surface area contributed by atoms with Gasteiger partial charge in [-0.05, 0) is 65.5 Å². The zero-order chi connectivity index (χ0) is 18.1. The third-order valence-electron chi connectivity index (χ3n) is 4.50. The molecule has 0 saturated heterocycles. The van der Waals surface area contributed by atoms with Crippen LogP contribution in [-0.2, 0) is 4.79 Å². The van der Waals surface area contributed by atoms with Gasteiger partial charge in [0.2, 0.25) is 5.91 Å². The van der Waals surface area contributed by atoms with Crippen molar-refractivity contribution >= 4 is 23.1 Å². The Hall–Kier alpha value is -2.72. The summed E-state index contributed by atoms with van der Waals surface area (Å²) in [5.41, 5.74) is 6.48. The van der Waals surface area contributed by atoms with Crippen molar-refractivity contribution in [3.8, 4) is 0 Å². The maximum atomic E-state index is 13.8. The van der Waals surface area contributed by atoms with Gasteiger partial charge in [-0.1, -0.05) is 35.9 Å². The van der Waals surface area contributed by atoms with Crippen molar-refractivity contribution in [2.24, 2.45) is 0 Å². The Morgan fingerprint density at radius 2 is 1.92 bits per heavy atom. The first kappa shape index (κ1) is 17.1. The monoisotopic (exact) mass is 337 g/mol. The first-order chi connectivity index (χ1) is 11.9. The van der Waals surface area contributed by atoms with Crippen molar-refractivity contribution in [3.63, 3.8) is 0 Å². The minimum Gasteiger partial charge on any atom is -0.286 e. The predicted molar refractivity (Wildman–Crippen MR) is 97.2 cm³/mol. The lowest BCUT2D eigenvalue weighted by Gasteiger charge is -2.10. The van der Waals surface area contributed by atoms with Crippen LogP contribution in [0.1, 0.15) is 35.6 Å². The number of halogens is 1. The quantitative estimate of drug-likeness (QED) is 0.651. The summed E-state index contributed by atoms with van der Waals surface area (Å²) in [7, 11) is 1.29. The molecule has 3 nitrogen and oxygen atoms in total. The second kappa shape index (κ2) is 6.65. The molecule has 0 aliphatic heterocycles. The molecule has 0 aromatic heterocycles. The Bertz CT molecular complexity index is 910. The van der Waals surface area contributed by atoms with Crippen molar-refractivity contribution < 1.29 is 14.4 Å². The molecule has 1 aliphatic carbocycles. The Labute approximate surface area is 146 Å². The normalized spacial score (nSPS) is 14.8. The molecule has 0 heterocycles. The third kappa shape index (κ3) is 3.39. The van der Waals surface area contributed by atoms with Crippen LogP contribution in [0, 0.1) is 12.7 Å². The summed E-state index contributed by atoms with van der Waals surface area (Å²) in [4.78, 5) is 12.0. The van der Waals surface area contributed by atoms with E-state index in [9.17, 15) is 14.4 Å². The molecule has 4 heteroatoms. The Balaban J connectivity index is 2.13. The standard InChI is InChI=1S/C21H20FNO2/c1-13-5-4-6-15(9-13)10-18-14(2)19(12-21(24)23(3)25)20-11-16(22)7-8-17(18)20/h4-11,25H,12H2,1-3H3/b18-10-. The highest BCUT2D eigenvalue weighted by Crippen LogP contribution is 2.43. The average Bonchev–Trinajstić information content (AvgIpc) is 2.80. The summed E-state index contributed by atoms with van der Waals surface area (Å²) >= 11 is 0. The van der Waals surface area contributed by atoms with Crippen LogP contribution >= 0.6 is 0 Å². The molecule has 0 atom stereocenters. The fourth-order valence-electron chi connectivity index (χ4n) is 3.17. The second-order valence-corrected chi connectivity index (χ2v) is 6.36. The maximum absolute atomic E-state index is 13.8. The van der Waals surface area contributed by atoms with E-state index in [0.29, 0.717) is 10.6 Å². The summed E-state index contributed by atoms with van der Waals surface area (Å²) in [5.74, 6) is -0.771. The van der Waals surface area contributed by atoms with Gasteiger partial charge in [-0.15, -0.1) is 0 Å². The molecule has 25 heavy (non-hydrogen) atoms. The molecule has 1 N–H and O–H groups in total. The van der Waals surface area contributed by atoms with Gasteiger partial charge in [0.25, 0.3) is 0 Å². The SMILES string of the molecule is CC1=C(CC(=O)N(C)O)c2cc(F)ccc2/C1=C\c1cccc(C)c1. The van der Waals surface area contributed by atoms with Crippen LogP contribution in [0.15, 0.2) is 48.0 Å². The van der Waals surface area contributed by atoms with Gasteiger partial charge in [0.05, 0.1) is 6.42 Å². The fourth-order valence-corrected chi connectivity index (χ4v) is 3.17. The van der Waals surface area contributed by atoms with Crippen molar-refractivity contribution in [2.45, 2.75) is 20.3 Å². The number of aryl methyl sites for hydroxylation is 1. The van der Waals surface area contributed by atoms with Gasteiger partial charge in [0.15, 0.2) is 0 Å². The van der Waals surface area contributed by atoms with Gasteiger partial charge in [0, 0.05) is 7.05 Å². The summed E-state index contributed by atoms with van der Waals surface area (Å²) in [6, 6.07) is 12.7. The second-order valence-electron chi connectivity index (χ2n) is 6.36. The van der Waals surface area contributed by atoms with E-state index in [1.54, 1.807) is 6.07 Å². The number of amides is 1. The number of benzene rings is 2. The summed E-state index contributed by atoms with van der Waals surface area (Å²) in [5, 5.41) is 9.95. The molecule has 0 fully saturated rings. The Morgan fingerprint density at radius 3 is 2.60 bits per heavy atom. The van der Waals surface area contributed by atoms with E-state index < -0.39 is 5.91 Å². The average molecular weight is 337 g/mol. The third-order valence-corrected chi connectivity index (χ3v) is 4.50. The zero-order valence-corrected chi connectivity index (χ0v) is 14.5. The van der Waals surface area contributed by atoms with Crippen LogP contribution in [-0.4, -0.2) is 23.2 Å². The van der Waals surface area contributed by atoms with E-state index in [0.717, 1.165) is 33.4 Å². The van der Waals surface area contributed by atoms with Crippen LogP contribution in [0.2, 0.25) is 0 Å². The lowest BCUT2D eigenvalue weighted by atomic mass is 10.00. The molecule has 2 aromatic rings. The Kier molecular flexibility index (Phi) is 4.55. The lowest BCUT2D eigenvalue weighted by molar-refractivity contribution is -0.157. The van der Waals surface area contributed by atoms with Gasteiger partial charge in [-0.3, -0.25) is 10.0 Å². The Morgan fingerprint density at radius 1 is 1.16 bits per heavy atom. The van der Waals surface area contributed by atoms with Gasteiger partial charge in [0.1, 0.15) is 5.82 Å². The first-order valence-electron chi connectivity index (χ1n) is 8.11. The molecule has 1 amide bonds. The van der Waals surface area contributed by atoms with Gasteiger partial charge < -0.3 is 0 Å². The largest absolute Gasteiger partial charge is 0.286 e. The molecule has 0 unspecified atom stereocenters. The summed E-state index contributed by atoms with van der Waals surface area (Å²) in [6.45, 7) is 3.96. The molecule has 0 spiro atoms. The van der Waals surface area contributed by atoms with Crippen molar-refractivity contribution in [2.75, 3.05) is 7.05 Å². The van der Waals surface area contributed by atoms with Crippen LogP contribution in [0.4, 0.5) is 4.39 Å². The lowest BCUT2D eigenvalue weighted by Crippen LogP contribution is -2.22. The highest BCUT2D eigenvalue weighted by Gasteiger charge is 2.26. The van der Waals surface area contributed by atoms with Crippen LogP contribution in [0.25, 0.3) is 17.2 Å². The topological polar surface area (TPSA) is 40.5 Å². The molecule has 0 radical (unpaired) electrons. The number of allylic oxidation sites excluding steroid dienone is 2. The molecule has 0 bridgehead atoms. The van der Waals surface area contributed by atoms with Crippen LogP contribution in [0.3, 0.4) is 0 Å². The highest BCUT2D eigenvalue weighted by atomic mass is 19.1. The van der Waals surface area contributed by atoms with E-state index in [1.807, 2.05) is 32.0 Å². The van der Waals surface area contributed by atoms with Crippen LogP contribution in [0.5, 0.6) is 0 Å². The summed E-state index contributed by atoms with van der Waals surface area (Å²) in [6.07, 6.45) is 2.08. The number of hydrogen-bond acceptors (Lipinski definition) is 2. The predicted octanol–water partition coefficient (Wildman–Crippen LogP) is 4.70. The van der Waals surface area contributed by atoms with Gasteiger partial charge >= 0.3 is 0 Å². The van der Waals surface area contributed by atoms with E-state index in [1.165, 1.54) is 19.2 Å². The summed E-state index contributed by atoms with van der Waals surface area (Å²) < 4.78 is 13.8.